The highest BCUT2D eigenvalue weighted by Crippen LogP contribution is 2.36. The van der Waals surface area contributed by atoms with E-state index in [0.717, 1.165) is 27.8 Å². The molecule has 0 unspecified atom stereocenters. The van der Waals surface area contributed by atoms with Gasteiger partial charge in [0, 0.05) is 11.1 Å². The van der Waals surface area contributed by atoms with Crippen LogP contribution >= 0.6 is 11.3 Å². The Labute approximate surface area is 288 Å². The van der Waals surface area contributed by atoms with Gasteiger partial charge in [-0.1, -0.05) is 104 Å². The van der Waals surface area contributed by atoms with Crippen molar-refractivity contribution in [2.75, 3.05) is 13.7 Å². The van der Waals surface area contributed by atoms with Gasteiger partial charge in [0.1, 0.15) is 6.61 Å². The molecule has 246 valence electrons. The Morgan fingerprint density at radius 2 is 1.73 bits per heavy atom. The van der Waals surface area contributed by atoms with Gasteiger partial charge in [-0.2, -0.15) is 5.26 Å². The molecule has 9 heteroatoms. The lowest BCUT2D eigenvalue weighted by Gasteiger charge is -2.26. The molecule has 0 radical (unpaired) electrons. The number of ether oxygens (including phenoxy) is 3. The fourth-order valence-electron chi connectivity index (χ4n) is 5.77. The van der Waals surface area contributed by atoms with Crippen LogP contribution in [0.5, 0.6) is 11.5 Å². The van der Waals surface area contributed by atoms with Crippen molar-refractivity contribution < 1.29 is 19.0 Å². The van der Waals surface area contributed by atoms with Crippen LogP contribution < -0.4 is 24.4 Å². The first kappa shape index (κ1) is 33.2. The summed E-state index contributed by atoms with van der Waals surface area (Å²) in [7, 11) is 1.55. The van der Waals surface area contributed by atoms with Gasteiger partial charge in [-0.05, 0) is 53.8 Å². The second-order valence-corrected chi connectivity index (χ2v) is 12.7. The van der Waals surface area contributed by atoms with Crippen molar-refractivity contribution in [1.29, 1.82) is 5.26 Å². The lowest BCUT2D eigenvalue weighted by Crippen LogP contribution is -2.40. The predicted molar refractivity (Wildman–Crippen MR) is 190 cm³/mol. The average molecular weight is 670 g/mol. The minimum absolute atomic E-state index is 0.181. The normalized spacial score (nSPS) is 14.2. The van der Waals surface area contributed by atoms with E-state index < -0.39 is 12.0 Å². The van der Waals surface area contributed by atoms with Crippen molar-refractivity contribution in [3.63, 3.8) is 0 Å². The van der Waals surface area contributed by atoms with Crippen LogP contribution in [0.1, 0.15) is 66.1 Å². The lowest BCUT2D eigenvalue weighted by molar-refractivity contribution is -0.138. The van der Waals surface area contributed by atoms with E-state index in [1.807, 2.05) is 78.9 Å². The van der Waals surface area contributed by atoms with Gasteiger partial charge in [0.05, 0.1) is 47.2 Å². The van der Waals surface area contributed by atoms with E-state index in [1.165, 1.54) is 11.3 Å². The second kappa shape index (κ2) is 14.6. The summed E-state index contributed by atoms with van der Waals surface area (Å²) in [5.74, 6) is 0.786. The fourth-order valence-corrected chi connectivity index (χ4v) is 6.78. The van der Waals surface area contributed by atoms with E-state index in [2.05, 4.69) is 19.9 Å². The third kappa shape index (κ3) is 6.82. The summed E-state index contributed by atoms with van der Waals surface area (Å²) in [4.78, 5) is 33.5. The van der Waals surface area contributed by atoms with E-state index in [-0.39, 0.29) is 18.8 Å². The van der Waals surface area contributed by atoms with E-state index in [4.69, 9.17) is 19.2 Å². The highest BCUT2D eigenvalue weighted by molar-refractivity contribution is 7.07. The van der Waals surface area contributed by atoms with Gasteiger partial charge in [0.15, 0.2) is 16.3 Å². The van der Waals surface area contributed by atoms with E-state index in [0.29, 0.717) is 43.6 Å². The largest absolute Gasteiger partial charge is 0.493 e. The molecule has 5 aromatic rings. The highest BCUT2D eigenvalue weighted by Gasteiger charge is 2.35. The molecule has 8 nitrogen and oxygen atoms in total. The van der Waals surface area contributed by atoms with Crippen LogP contribution in [0.3, 0.4) is 0 Å². The van der Waals surface area contributed by atoms with Gasteiger partial charge < -0.3 is 14.2 Å². The number of hydrogen-bond acceptors (Lipinski definition) is 8. The number of aromatic nitrogens is 1. The first-order chi connectivity index (χ1) is 23.8. The zero-order valence-electron chi connectivity index (χ0n) is 27.7. The van der Waals surface area contributed by atoms with Crippen LogP contribution in [0.4, 0.5) is 0 Å². The summed E-state index contributed by atoms with van der Waals surface area (Å²) in [6, 6.07) is 31.6. The number of fused-ring (bicyclic) bond motifs is 1. The molecule has 6 rings (SSSR count). The topological polar surface area (TPSA) is 103 Å². The SMILES string of the molecule is CCOC(=O)C1=C(c2ccccc2)N=c2s/c(=C\c3ccc(OCc4ccccc4C#N)c(OC)c3)c(=O)n2[C@@H]1c1ccc(C(C)C)cc1. The van der Waals surface area contributed by atoms with Crippen molar-refractivity contribution in [2.24, 2.45) is 4.99 Å². The van der Waals surface area contributed by atoms with Gasteiger partial charge in [0.25, 0.3) is 5.56 Å². The quantitative estimate of drug-likeness (QED) is 0.157. The van der Waals surface area contributed by atoms with E-state index >= 15 is 0 Å². The molecule has 1 atom stereocenters. The van der Waals surface area contributed by atoms with Gasteiger partial charge in [0.2, 0.25) is 0 Å². The maximum Gasteiger partial charge on any atom is 0.338 e. The molecule has 0 spiro atoms. The minimum atomic E-state index is -0.754. The second-order valence-electron chi connectivity index (χ2n) is 11.7. The lowest BCUT2D eigenvalue weighted by atomic mass is 9.91. The minimum Gasteiger partial charge on any atom is -0.493 e. The zero-order valence-corrected chi connectivity index (χ0v) is 28.5. The van der Waals surface area contributed by atoms with Crippen LogP contribution in [-0.4, -0.2) is 24.3 Å². The first-order valence-corrected chi connectivity index (χ1v) is 16.8. The number of hydrogen-bond donors (Lipinski definition) is 0. The summed E-state index contributed by atoms with van der Waals surface area (Å²) in [5.41, 5.74) is 5.23. The van der Waals surface area contributed by atoms with Crippen molar-refractivity contribution in [1.82, 2.24) is 4.57 Å². The number of thiazole rings is 1. The number of carbonyl (C=O) groups excluding carboxylic acids is 1. The molecule has 1 aliphatic heterocycles. The smallest absolute Gasteiger partial charge is 0.338 e. The summed E-state index contributed by atoms with van der Waals surface area (Å²) in [5, 5.41) is 9.43. The molecule has 0 fully saturated rings. The van der Waals surface area contributed by atoms with Gasteiger partial charge in [-0.15, -0.1) is 0 Å². The molecule has 0 saturated carbocycles. The molecule has 0 N–H and O–H groups in total. The Kier molecular flexibility index (Phi) is 9.88. The molecule has 49 heavy (non-hydrogen) atoms. The standard InChI is InChI=1S/C40H35N3O5S/c1-5-47-39(45)35-36(28-11-7-6-8-12-28)42-40-43(37(35)29-18-16-27(17-19-29)25(2)3)38(44)34(49-40)22-26-15-20-32(33(21-26)46-4)48-24-31-14-10-9-13-30(31)23-41/h6-22,25,37H,5,24H2,1-4H3/b34-22-/t37-/m1/s1. The van der Waals surface area contributed by atoms with Crippen LogP contribution in [0.25, 0.3) is 11.8 Å². The Morgan fingerprint density at radius 1 is 1.00 bits per heavy atom. The Balaban J connectivity index is 1.47. The molecule has 0 saturated heterocycles. The number of benzene rings is 4. The Hall–Kier alpha value is -5.72. The third-order valence-electron chi connectivity index (χ3n) is 8.30. The van der Waals surface area contributed by atoms with Crippen LogP contribution in [0.2, 0.25) is 0 Å². The maximum atomic E-state index is 14.3. The van der Waals surface area contributed by atoms with E-state index in [1.54, 1.807) is 42.9 Å². The molecule has 0 bridgehead atoms. The molecule has 1 aromatic heterocycles. The fraction of sp³-hybridized carbons (Fsp3) is 0.200. The third-order valence-corrected chi connectivity index (χ3v) is 9.28. The number of nitrogens with zero attached hydrogens (tertiary/aromatic N) is 3. The maximum absolute atomic E-state index is 14.3. The Bertz CT molecular complexity index is 2260. The van der Waals surface area contributed by atoms with Gasteiger partial charge >= 0.3 is 5.97 Å². The number of methoxy groups -OCH3 is 1. The van der Waals surface area contributed by atoms with E-state index in [9.17, 15) is 14.9 Å². The van der Waals surface area contributed by atoms with Crippen LogP contribution in [0, 0.1) is 11.3 Å². The van der Waals surface area contributed by atoms with Crippen molar-refractivity contribution >= 4 is 29.1 Å². The van der Waals surface area contributed by atoms with Crippen molar-refractivity contribution in [2.45, 2.75) is 39.3 Å². The number of nitriles is 1. The molecule has 2 heterocycles. The molecule has 4 aromatic carbocycles. The molecule has 1 aliphatic rings. The monoisotopic (exact) mass is 669 g/mol. The first-order valence-electron chi connectivity index (χ1n) is 16.0. The number of rotatable bonds is 10. The Morgan fingerprint density at radius 3 is 2.43 bits per heavy atom. The number of carbonyl (C=O) groups is 1. The molecular weight excluding hydrogens is 635 g/mol. The van der Waals surface area contributed by atoms with Crippen molar-refractivity contribution in [3.05, 3.63) is 156 Å². The molecule has 0 aliphatic carbocycles. The predicted octanol–water partition coefficient (Wildman–Crippen LogP) is 6.52. The van der Waals surface area contributed by atoms with Crippen LogP contribution in [-0.2, 0) is 16.1 Å². The van der Waals surface area contributed by atoms with Crippen LogP contribution in [0.15, 0.2) is 112 Å². The zero-order chi connectivity index (χ0) is 34.5. The van der Waals surface area contributed by atoms with Crippen molar-refractivity contribution in [3.8, 4) is 17.6 Å². The summed E-state index contributed by atoms with van der Waals surface area (Å²) >= 11 is 1.26. The number of esters is 1. The van der Waals surface area contributed by atoms with Gasteiger partial charge in [-0.25, -0.2) is 9.79 Å². The molecular formula is C40H35N3O5S. The summed E-state index contributed by atoms with van der Waals surface area (Å²) in [6.45, 7) is 6.38. The summed E-state index contributed by atoms with van der Waals surface area (Å²) < 4.78 is 19.3. The van der Waals surface area contributed by atoms with Gasteiger partial charge in [-0.3, -0.25) is 9.36 Å². The highest BCUT2D eigenvalue weighted by atomic mass is 32.1. The molecule has 0 amide bonds. The average Bonchev–Trinajstić information content (AvgIpc) is 3.44. The summed E-state index contributed by atoms with van der Waals surface area (Å²) in [6.07, 6.45) is 1.79.